The summed E-state index contributed by atoms with van der Waals surface area (Å²) in [4.78, 5) is 16.5. The van der Waals surface area contributed by atoms with Crippen molar-refractivity contribution in [2.75, 3.05) is 6.54 Å². The van der Waals surface area contributed by atoms with Crippen LogP contribution in [0.5, 0.6) is 0 Å². The summed E-state index contributed by atoms with van der Waals surface area (Å²) in [6.45, 7) is 7.80. The second-order valence-electron chi connectivity index (χ2n) is 6.51. The Kier molecular flexibility index (Phi) is 6.45. The topological polar surface area (TPSA) is 85.8 Å². The fraction of sp³-hybridized carbons (Fsp3) is 0.438. The van der Waals surface area contributed by atoms with Gasteiger partial charge in [-0.1, -0.05) is 19.9 Å². The number of rotatable bonds is 5. The molecule has 0 spiro atoms. The van der Waals surface area contributed by atoms with Gasteiger partial charge in [-0.2, -0.15) is 0 Å². The Balaban J connectivity index is 0.00000288. The van der Waals surface area contributed by atoms with Crippen LogP contribution in [-0.4, -0.2) is 32.8 Å². The van der Waals surface area contributed by atoms with Crippen LogP contribution in [0.3, 0.4) is 0 Å². The van der Waals surface area contributed by atoms with Gasteiger partial charge in [-0.3, -0.25) is 4.79 Å². The average Bonchev–Trinajstić information content (AvgIpc) is 2.89. The van der Waals surface area contributed by atoms with Crippen LogP contribution in [0.25, 0.3) is 5.69 Å². The van der Waals surface area contributed by atoms with Crippen LogP contribution in [0.4, 0.5) is 4.39 Å². The Bertz CT molecular complexity index is 709. The summed E-state index contributed by atoms with van der Waals surface area (Å²) in [5.41, 5.74) is 5.85. The molecule has 0 aliphatic rings. The molecule has 132 valence electrons. The maximum atomic E-state index is 13.4. The third-order valence-corrected chi connectivity index (χ3v) is 3.11. The van der Waals surface area contributed by atoms with Crippen LogP contribution in [0.1, 0.15) is 50.1 Å². The molecule has 0 aliphatic carbocycles. The summed E-state index contributed by atoms with van der Waals surface area (Å²) in [5, 5.41) is 6.93. The number of hydrogen-bond donors (Lipinski definition) is 2. The first-order chi connectivity index (χ1) is 10.7. The number of hydrogen-bond acceptors (Lipinski definition) is 4. The number of halogens is 2. The standard InChI is InChI=1S/C16H22FN5O.ClH/c1-10(2)14-20-13(15(23)19-9-16(3,4)18)21-22(14)12-7-5-6-11(17)8-12;/h5-8,10H,9,18H2,1-4H3,(H,19,23);1H. The van der Waals surface area contributed by atoms with Gasteiger partial charge in [0.2, 0.25) is 5.82 Å². The molecule has 0 radical (unpaired) electrons. The SMILES string of the molecule is CC(C)c1nc(C(=O)NCC(C)(C)N)nn1-c1cccc(F)c1.Cl. The normalized spacial score (nSPS) is 11.3. The quantitative estimate of drug-likeness (QED) is 0.862. The minimum Gasteiger partial charge on any atom is -0.347 e. The van der Waals surface area contributed by atoms with Crippen LogP contribution in [0.2, 0.25) is 0 Å². The first-order valence-corrected chi connectivity index (χ1v) is 7.47. The summed E-state index contributed by atoms with van der Waals surface area (Å²) >= 11 is 0. The number of amides is 1. The van der Waals surface area contributed by atoms with Gasteiger partial charge in [0.1, 0.15) is 11.6 Å². The highest BCUT2D eigenvalue weighted by Gasteiger charge is 2.21. The van der Waals surface area contributed by atoms with Crippen molar-refractivity contribution in [1.82, 2.24) is 20.1 Å². The van der Waals surface area contributed by atoms with Gasteiger partial charge in [-0.25, -0.2) is 14.1 Å². The molecule has 24 heavy (non-hydrogen) atoms. The Morgan fingerprint density at radius 1 is 1.42 bits per heavy atom. The zero-order valence-corrected chi connectivity index (χ0v) is 15.0. The molecule has 0 bridgehead atoms. The van der Waals surface area contributed by atoms with Crippen molar-refractivity contribution >= 4 is 18.3 Å². The van der Waals surface area contributed by atoms with E-state index in [-0.39, 0.29) is 30.0 Å². The molecule has 1 aromatic heterocycles. The van der Waals surface area contributed by atoms with Crippen LogP contribution < -0.4 is 11.1 Å². The minimum absolute atomic E-state index is 0. The van der Waals surface area contributed by atoms with Crippen LogP contribution in [-0.2, 0) is 0 Å². The Labute approximate surface area is 147 Å². The smallest absolute Gasteiger partial charge is 0.291 e. The van der Waals surface area contributed by atoms with E-state index >= 15 is 0 Å². The summed E-state index contributed by atoms with van der Waals surface area (Å²) < 4.78 is 14.9. The summed E-state index contributed by atoms with van der Waals surface area (Å²) in [6, 6.07) is 6.01. The van der Waals surface area contributed by atoms with Crippen molar-refractivity contribution in [2.45, 2.75) is 39.2 Å². The molecule has 0 unspecified atom stereocenters. The molecule has 1 heterocycles. The maximum Gasteiger partial charge on any atom is 0.291 e. The zero-order valence-electron chi connectivity index (χ0n) is 14.2. The van der Waals surface area contributed by atoms with Gasteiger partial charge in [0, 0.05) is 18.0 Å². The van der Waals surface area contributed by atoms with Crippen molar-refractivity contribution < 1.29 is 9.18 Å². The maximum absolute atomic E-state index is 13.4. The number of nitrogens with two attached hydrogens (primary N) is 1. The van der Waals surface area contributed by atoms with E-state index in [2.05, 4.69) is 15.4 Å². The molecule has 1 aromatic carbocycles. The van der Waals surface area contributed by atoms with Crippen LogP contribution in [0.15, 0.2) is 24.3 Å². The van der Waals surface area contributed by atoms with E-state index in [0.29, 0.717) is 18.1 Å². The first kappa shape index (κ1) is 20.1. The fourth-order valence-electron chi connectivity index (χ4n) is 1.98. The van der Waals surface area contributed by atoms with Gasteiger partial charge in [0.05, 0.1) is 5.69 Å². The lowest BCUT2D eigenvalue weighted by molar-refractivity contribution is 0.0935. The Morgan fingerprint density at radius 2 is 2.08 bits per heavy atom. The summed E-state index contributed by atoms with van der Waals surface area (Å²) in [6.07, 6.45) is 0. The highest BCUT2D eigenvalue weighted by Crippen LogP contribution is 2.18. The zero-order chi connectivity index (χ0) is 17.2. The van der Waals surface area contributed by atoms with E-state index < -0.39 is 11.4 Å². The van der Waals surface area contributed by atoms with Gasteiger partial charge >= 0.3 is 0 Å². The van der Waals surface area contributed by atoms with Gasteiger partial charge in [-0.15, -0.1) is 17.5 Å². The minimum atomic E-state index is -0.526. The highest BCUT2D eigenvalue weighted by molar-refractivity contribution is 5.90. The highest BCUT2D eigenvalue weighted by atomic mass is 35.5. The van der Waals surface area contributed by atoms with Crippen molar-refractivity contribution in [1.29, 1.82) is 0 Å². The number of benzene rings is 1. The van der Waals surface area contributed by atoms with E-state index in [1.807, 2.05) is 27.7 Å². The number of nitrogens with zero attached hydrogens (tertiary/aromatic N) is 3. The van der Waals surface area contributed by atoms with Gasteiger partial charge < -0.3 is 11.1 Å². The molecule has 1 amide bonds. The van der Waals surface area contributed by atoms with E-state index in [4.69, 9.17) is 5.73 Å². The lowest BCUT2D eigenvalue weighted by Gasteiger charge is -2.18. The monoisotopic (exact) mass is 355 g/mol. The predicted molar refractivity (Wildman–Crippen MR) is 93.3 cm³/mol. The third-order valence-electron chi connectivity index (χ3n) is 3.11. The second kappa shape index (κ2) is 7.72. The first-order valence-electron chi connectivity index (χ1n) is 7.47. The molecule has 0 fully saturated rings. The lowest BCUT2D eigenvalue weighted by atomic mass is 10.1. The lowest BCUT2D eigenvalue weighted by Crippen LogP contribution is -2.45. The molecular formula is C16H23ClFN5O. The molecule has 2 aromatic rings. The molecule has 3 N–H and O–H groups in total. The Hall–Kier alpha value is -1.99. The van der Waals surface area contributed by atoms with E-state index in [1.165, 1.54) is 16.8 Å². The number of carbonyl (C=O) groups excluding carboxylic acids is 1. The molecule has 0 saturated carbocycles. The number of aromatic nitrogens is 3. The van der Waals surface area contributed by atoms with Crippen LogP contribution >= 0.6 is 12.4 Å². The average molecular weight is 356 g/mol. The summed E-state index contributed by atoms with van der Waals surface area (Å²) in [5.74, 6) is -0.114. The van der Waals surface area contributed by atoms with Crippen molar-refractivity contribution in [2.24, 2.45) is 5.73 Å². The second-order valence-corrected chi connectivity index (χ2v) is 6.51. The largest absolute Gasteiger partial charge is 0.347 e. The molecular weight excluding hydrogens is 333 g/mol. The molecule has 0 saturated heterocycles. The van der Waals surface area contributed by atoms with Crippen LogP contribution in [0, 0.1) is 5.82 Å². The van der Waals surface area contributed by atoms with Gasteiger partial charge in [0.25, 0.3) is 5.91 Å². The van der Waals surface area contributed by atoms with Gasteiger partial charge in [0.15, 0.2) is 0 Å². The fourth-order valence-corrected chi connectivity index (χ4v) is 1.98. The molecule has 0 aliphatic heterocycles. The Morgan fingerprint density at radius 3 is 2.62 bits per heavy atom. The van der Waals surface area contributed by atoms with E-state index in [0.717, 1.165) is 0 Å². The van der Waals surface area contributed by atoms with Crippen molar-refractivity contribution in [3.63, 3.8) is 0 Å². The predicted octanol–water partition coefficient (Wildman–Crippen LogP) is 2.42. The van der Waals surface area contributed by atoms with Crippen molar-refractivity contribution in [3.05, 3.63) is 41.7 Å². The molecule has 2 rings (SSSR count). The van der Waals surface area contributed by atoms with E-state index in [9.17, 15) is 9.18 Å². The number of nitrogens with one attached hydrogen (secondary N) is 1. The molecule has 6 nitrogen and oxygen atoms in total. The number of carbonyl (C=O) groups is 1. The van der Waals surface area contributed by atoms with Gasteiger partial charge in [-0.05, 0) is 32.0 Å². The molecule has 8 heteroatoms. The van der Waals surface area contributed by atoms with E-state index in [1.54, 1.807) is 12.1 Å². The molecule has 0 atom stereocenters. The third kappa shape index (κ3) is 5.01. The van der Waals surface area contributed by atoms with Crippen molar-refractivity contribution in [3.8, 4) is 5.69 Å². The summed E-state index contributed by atoms with van der Waals surface area (Å²) in [7, 11) is 0.